The molecule has 0 unspecified atom stereocenters. The lowest BCUT2D eigenvalue weighted by Crippen LogP contribution is -2.44. The predicted molar refractivity (Wildman–Crippen MR) is 148 cm³/mol. The number of aromatic nitrogens is 1. The SMILES string of the molecule is C=C(B1OC(C)(C)C(C)(C)O1)[C@@](CC)(C(=O)c1ccc(C(C)(C)C)cc1)c1ccc2ncccc2c1. The Morgan fingerprint density at radius 1 is 0.944 bits per heavy atom. The van der Waals surface area contributed by atoms with Crippen molar-refractivity contribution in [1.82, 2.24) is 4.98 Å². The Labute approximate surface area is 216 Å². The second-order valence-corrected chi connectivity index (χ2v) is 11.9. The Bertz CT molecular complexity index is 1290. The van der Waals surface area contributed by atoms with Gasteiger partial charge in [-0.25, -0.2) is 0 Å². The number of pyridine rings is 1. The first-order valence-electron chi connectivity index (χ1n) is 12.8. The summed E-state index contributed by atoms with van der Waals surface area (Å²) in [7, 11) is -0.711. The van der Waals surface area contributed by atoms with E-state index in [0.717, 1.165) is 16.5 Å². The molecule has 1 aliphatic heterocycles. The minimum Gasteiger partial charge on any atom is -0.400 e. The molecule has 1 aliphatic rings. The van der Waals surface area contributed by atoms with E-state index in [0.29, 0.717) is 17.5 Å². The highest BCUT2D eigenvalue weighted by Crippen LogP contribution is 2.46. The third-order valence-electron chi connectivity index (χ3n) is 8.11. The van der Waals surface area contributed by atoms with Gasteiger partial charge in [0.05, 0.1) is 22.1 Å². The van der Waals surface area contributed by atoms with E-state index in [4.69, 9.17) is 9.31 Å². The van der Waals surface area contributed by atoms with Crippen LogP contribution in [0.5, 0.6) is 0 Å². The second kappa shape index (κ2) is 8.97. The topological polar surface area (TPSA) is 48.4 Å². The highest BCUT2D eigenvalue weighted by Gasteiger charge is 2.57. The number of hydrogen-bond donors (Lipinski definition) is 0. The predicted octanol–water partition coefficient (Wildman–Crippen LogP) is 7.25. The molecule has 4 nitrogen and oxygen atoms in total. The molecule has 5 heteroatoms. The van der Waals surface area contributed by atoms with E-state index in [9.17, 15) is 4.79 Å². The first kappa shape index (κ1) is 26.3. The van der Waals surface area contributed by atoms with E-state index < -0.39 is 23.7 Å². The van der Waals surface area contributed by atoms with Gasteiger partial charge in [-0.05, 0) is 74.3 Å². The van der Waals surface area contributed by atoms with Gasteiger partial charge in [-0.15, -0.1) is 6.58 Å². The Hall–Kier alpha value is -2.76. The van der Waals surface area contributed by atoms with Crippen LogP contribution in [0.3, 0.4) is 0 Å². The molecule has 2 aromatic carbocycles. The number of ketones is 1. The van der Waals surface area contributed by atoms with Gasteiger partial charge in [-0.2, -0.15) is 0 Å². The average molecular weight is 483 g/mol. The van der Waals surface area contributed by atoms with Crippen LogP contribution >= 0.6 is 0 Å². The molecule has 4 rings (SSSR count). The zero-order valence-corrected chi connectivity index (χ0v) is 22.9. The first-order chi connectivity index (χ1) is 16.7. The summed E-state index contributed by atoms with van der Waals surface area (Å²) in [5.41, 5.74) is 2.10. The van der Waals surface area contributed by atoms with Gasteiger partial charge in [0.1, 0.15) is 0 Å². The monoisotopic (exact) mass is 483 g/mol. The number of rotatable bonds is 6. The largest absolute Gasteiger partial charge is 0.491 e. The average Bonchev–Trinajstić information content (AvgIpc) is 3.05. The van der Waals surface area contributed by atoms with E-state index in [1.54, 1.807) is 6.20 Å². The van der Waals surface area contributed by atoms with E-state index in [1.807, 2.05) is 71.0 Å². The standard InChI is InChI=1S/C31H38BNO3/c1-10-31(21(2)32-35-29(6,7)30(8,9)36-32,25-17-18-26-23(20-25)12-11-19-33-26)27(34)22-13-15-24(16-14-22)28(3,4)5/h11-20H,2,10H2,1,3-9H3/t31-/m1/s1. The summed E-state index contributed by atoms with van der Waals surface area (Å²) in [4.78, 5) is 19.0. The molecule has 0 N–H and O–H groups in total. The molecule has 188 valence electrons. The van der Waals surface area contributed by atoms with Crippen LogP contribution in [0.15, 0.2) is 72.8 Å². The van der Waals surface area contributed by atoms with Gasteiger partial charge < -0.3 is 9.31 Å². The quantitative estimate of drug-likeness (QED) is 0.274. The minimum absolute atomic E-state index is 0.00105. The van der Waals surface area contributed by atoms with Crippen LogP contribution in [0.25, 0.3) is 10.9 Å². The van der Waals surface area contributed by atoms with E-state index in [1.165, 1.54) is 5.56 Å². The number of fused-ring (bicyclic) bond motifs is 1. The van der Waals surface area contributed by atoms with Crippen LogP contribution in [0, 0.1) is 0 Å². The van der Waals surface area contributed by atoms with Crippen LogP contribution < -0.4 is 0 Å². The number of Topliss-reactive ketones (excluding diaryl/α,β-unsaturated/α-hetero) is 1. The maximum Gasteiger partial charge on any atom is 0.491 e. The molecule has 1 atom stereocenters. The number of benzene rings is 2. The number of carbonyl (C=O) groups is 1. The maximum atomic E-state index is 14.5. The van der Waals surface area contributed by atoms with Gasteiger partial charge in [0, 0.05) is 17.1 Å². The van der Waals surface area contributed by atoms with Crippen molar-refractivity contribution in [2.75, 3.05) is 0 Å². The van der Waals surface area contributed by atoms with Crippen LogP contribution in [0.2, 0.25) is 0 Å². The van der Waals surface area contributed by atoms with Crippen molar-refractivity contribution in [3.8, 4) is 0 Å². The molecule has 0 spiro atoms. The molecular formula is C31H38BNO3. The Morgan fingerprint density at radius 3 is 2.08 bits per heavy atom. The normalized spacial score (nSPS) is 18.7. The summed E-state index contributed by atoms with van der Waals surface area (Å²) in [6, 6.07) is 17.9. The summed E-state index contributed by atoms with van der Waals surface area (Å²) in [6.07, 6.45) is 2.29. The molecule has 0 bridgehead atoms. The number of hydrogen-bond acceptors (Lipinski definition) is 4. The van der Waals surface area contributed by atoms with Gasteiger partial charge in [0.15, 0.2) is 5.78 Å². The fourth-order valence-corrected chi connectivity index (χ4v) is 4.95. The van der Waals surface area contributed by atoms with Gasteiger partial charge in [0.2, 0.25) is 0 Å². The van der Waals surface area contributed by atoms with E-state index in [-0.39, 0.29) is 11.2 Å². The van der Waals surface area contributed by atoms with Crippen LogP contribution in [0.1, 0.15) is 83.3 Å². The van der Waals surface area contributed by atoms with Crippen LogP contribution in [-0.2, 0) is 20.1 Å². The lowest BCUT2D eigenvalue weighted by molar-refractivity contribution is 0.00578. The van der Waals surface area contributed by atoms with Crippen molar-refractivity contribution in [3.05, 3.63) is 89.5 Å². The molecule has 1 saturated heterocycles. The second-order valence-electron chi connectivity index (χ2n) is 11.9. The van der Waals surface area contributed by atoms with Crippen LogP contribution in [-0.4, -0.2) is 29.1 Å². The molecule has 0 saturated carbocycles. The first-order valence-corrected chi connectivity index (χ1v) is 12.8. The summed E-state index contributed by atoms with van der Waals surface area (Å²) in [6.45, 7) is 21.1. The molecule has 2 heterocycles. The Morgan fingerprint density at radius 2 is 1.53 bits per heavy atom. The van der Waals surface area contributed by atoms with E-state index in [2.05, 4.69) is 50.5 Å². The summed E-state index contributed by atoms with van der Waals surface area (Å²) >= 11 is 0. The summed E-state index contributed by atoms with van der Waals surface area (Å²) < 4.78 is 12.8. The van der Waals surface area contributed by atoms with Crippen molar-refractivity contribution in [1.29, 1.82) is 0 Å². The fraction of sp³-hybridized carbons (Fsp3) is 0.419. The molecule has 36 heavy (non-hydrogen) atoms. The third-order valence-corrected chi connectivity index (χ3v) is 8.11. The molecule has 1 aromatic heterocycles. The molecule has 0 aliphatic carbocycles. The number of nitrogens with zero attached hydrogens (tertiary/aromatic N) is 1. The smallest absolute Gasteiger partial charge is 0.400 e. The molecule has 3 aromatic rings. The lowest BCUT2D eigenvalue weighted by atomic mass is 9.56. The number of carbonyl (C=O) groups excluding carboxylic acids is 1. The maximum absolute atomic E-state index is 14.5. The zero-order chi connectivity index (χ0) is 26.5. The van der Waals surface area contributed by atoms with Crippen molar-refractivity contribution in [2.24, 2.45) is 0 Å². The van der Waals surface area contributed by atoms with Gasteiger partial charge >= 0.3 is 7.12 Å². The third kappa shape index (κ3) is 4.33. The van der Waals surface area contributed by atoms with Crippen molar-refractivity contribution >= 4 is 23.8 Å². The summed E-state index contributed by atoms with van der Waals surface area (Å²) in [5.74, 6) is -0.00610. The summed E-state index contributed by atoms with van der Waals surface area (Å²) in [5, 5.41) is 0.977. The van der Waals surface area contributed by atoms with Gasteiger partial charge in [0.25, 0.3) is 0 Å². The minimum atomic E-state index is -1.03. The highest BCUT2D eigenvalue weighted by molar-refractivity contribution is 6.56. The number of allylic oxidation sites excluding steroid dienone is 1. The molecule has 0 amide bonds. The highest BCUT2D eigenvalue weighted by atomic mass is 16.7. The Kier molecular flexibility index (Phi) is 6.55. The van der Waals surface area contributed by atoms with Gasteiger partial charge in [-0.3, -0.25) is 9.78 Å². The molecular weight excluding hydrogens is 445 g/mol. The van der Waals surface area contributed by atoms with Gasteiger partial charge in [-0.1, -0.05) is 64.1 Å². The van der Waals surface area contributed by atoms with Crippen molar-refractivity contribution in [2.45, 2.75) is 83.8 Å². The van der Waals surface area contributed by atoms with Crippen molar-refractivity contribution in [3.63, 3.8) is 0 Å². The lowest BCUT2D eigenvalue weighted by Gasteiger charge is -2.35. The fourth-order valence-electron chi connectivity index (χ4n) is 4.95. The van der Waals surface area contributed by atoms with Crippen molar-refractivity contribution < 1.29 is 14.1 Å². The Balaban J connectivity index is 1.87. The molecule has 1 fully saturated rings. The molecule has 0 radical (unpaired) electrons. The van der Waals surface area contributed by atoms with E-state index >= 15 is 0 Å². The van der Waals surface area contributed by atoms with Crippen LogP contribution in [0.4, 0.5) is 0 Å². The zero-order valence-electron chi connectivity index (χ0n) is 22.9.